The molecule has 0 unspecified atom stereocenters. The fourth-order valence-electron chi connectivity index (χ4n) is 3.49. The number of nitrogens with one attached hydrogen (secondary N) is 1. The Labute approximate surface area is 162 Å². The molecule has 0 radical (unpaired) electrons. The van der Waals surface area contributed by atoms with Crippen LogP contribution in [0.1, 0.15) is 58.9 Å². The third-order valence-corrected chi connectivity index (χ3v) is 7.60. The Morgan fingerprint density at radius 1 is 1.07 bits per heavy atom. The third-order valence-electron chi connectivity index (χ3n) is 6.09. The largest absolute Gasteiger partial charge is 0.495 e. The Morgan fingerprint density at radius 3 is 2.19 bits per heavy atom. The van der Waals surface area contributed by atoms with Crippen LogP contribution in [0, 0.1) is 6.92 Å². The first kappa shape index (κ1) is 20.8. The predicted molar refractivity (Wildman–Crippen MR) is 105 cm³/mol. The van der Waals surface area contributed by atoms with Gasteiger partial charge in [0.05, 0.1) is 22.2 Å². The van der Waals surface area contributed by atoms with Crippen LogP contribution in [0.25, 0.3) is 0 Å². The summed E-state index contributed by atoms with van der Waals surface area (Å²) in [6, 6.07) is 4.92. The van der Waals surface area contributed by atoms with Gasteiger partial charge in [0, 0.05) is 6.04 Å². The van der Waals surface area contributed by atoms with E-state index in [1.54, 1.807) is 18.2 Å². The quantitative estimate of drug-likeness (QED) is 0.761. The number of hydrogen-bond donors (Lipinski definition) is 2. The highest BCUT2D eigenvalue weighted by molar-refractivity contribution is 7.89. The van der Waals surface area contributed by atoms with Crippen molar-refractivity contribution in [1.29, 1.82) is 0 Å². The molecule has 2 fully saturated rings. The molecule has 0 atom stereocenters. The van der Waals surface area contributed by atoms with Crippen LogP contribution in [0.3, 0.4) is 0 Å². The minimum atomic E-state index is -3.65. The Morgan fingerprint density at radius 2 is 1.63 bits per heavy atom. The van der Waals surface area contributed by atoms with Crippen LogP contribution in [0.2, 0.25) is 0 Å². The van der Waals surface area contributed by atoms with E-state index in [-0.39, 0.29) is 17.0 Å². The van der Waals surface area contributed by atoms with Crippen LogP contribution in [0.4, 0.5) is 0 Å². The van der Waals surface area contributed by atoms with Crippen molar-refractivity contribution in [3.05, 3.63) is 23.8 Å². The van der Waals surface area contributed by atoms with E-state index in [4.69, 9.17) is 9.31 Å². The molecule has 6 nitrogen and oxygen atoms in total. The number of benzene rings is 1. The zero-order valence-electron chi connectivity index (χ0n) is 16.8. The lowest BCUT2D eigenvalue weighted by Gasteiger charge is -2.32. The van der Waals surface area contributed by atoms with Gasteiger partial charge in [-0.3, -0.25) is 0 Å². The normalized spacial score (nSPS) is 27.7. The maximum atomic E-state index is 12.9. The van der Waals surface area contributed by atoms with Crippen molar-refractivity contribution in [3.63, 3.8) is 0 Å². The van der Waals surface area contributed by atoms with Crippen molar-refractivity contribution in [2.45, 2.75) is 88.5 Å². The molecular weight excluding hydrogens is 365 g/mol. The van der Waals surface area contributed by atoms with Crippen LogP contribution < -0.4 is 10.2 Å². The van der Waals surface area contributed by atoms with E-state index in [9.17, 15) is 13.5 Å². The smallest absolute Gasteiger partial charge is 0.399 e. The van der Waals surface area contributed by atoms with Crippen LogP contribution in [-0.2, 0) is 19.3 Å². The van der Waals surface area contributed by atoms with Crippen LogP contribution in [0.5, 0.6) is 0 Å². The van der Waals surface area contributed by atoms with Gasteiger partial charge in [0.2, 0.25) is 10.0 Å². The molecule has 0 bridgehead atoms. The molecule has 8 heteroatoms. The van der Waals surface area contributed by atoms with Crippen LogP contribution in [0.15, 0.2) is 23.1 Å². The molecule has 1 aromatic carbocycles. The Kier molecular flexibility index (Phi) is 5.51. The Balaban J connectivity index is 1.83. The number of aliphatic hydroxyl groups excluding tert-OH is 1. The van der Waals surface area contributed by atoms with Gasteiger partial charge in [-0.1, -0.05) is 11.6 Å². The third kappa shape index (κ3) is 4.25. The van der Waals surface area contributed by atoms with E-state index in [0.29, 0.717) is 25.7 Å². The molecule has 2 aliphatic rings. The van der Waals surface area contributed by atoms with Crippen molar-refractivity contribution >= 4 is 22.6 Å². The fraction of sp³-hybridized carbons (Fsp3) is 0.684. The highest BCUT2D eigenvalue weighted by atomic mass is 32.2. The topological polar surface area (TPSA) is 84.9 Å². The monoisotopic (exact) mass is 395 g/mol. The first-order valence-electron chi connectivity index (χ1n) is 9.58. The van der Waals surface area contributed by atoms with Crippen molar-refractivity contribution in [3.8, 4) is 0 Å². The summed E-state index contributed by atoms with van der Waals surface area (Å²) in [7, 11) is -4.25. The van der Waals surface area contributed by atoms with Gasteiger partial charge in [-0.2, -0.15) is 0 Å². The highest BCUT2D eigenvalue weighted by Gasteiger charge is 2.52. The van der Waals surface area contributed by atoms with Gasteiger partial charge in [-0.25, -0.2) is 13.1 Å². The minimum Gasteiger partial charge on any atom is -0.399 e. The SMILES string of the molecule is Cc1ccc(S(=O)(=O)N[C@H]2CC[C@@H](O)CC2)cc1B1OC(C)(C)C(C)(C)O1. The van der Waals surface area contributed by atoms with Crippen molar-refractivity contribution in [2.75, 3.05) is 0 Å². The van der Waals surface area contributed by atoms with Crippen molar-refractivity contribution in [1.82, 2.24) is 4.72 Å². The molecular formula is C19H30BNO5S. The molecule has 150 valence electrons. The van der Waals surface area contributed by atoms with Crippen LogP contribution >= 0.6 is 0 Å². The van der Waals surface area contributed by atoms with E-state index in [0.717, 1.165) is 11.0 Å². The standard InChI is InChI=1S/C19H30BNO5S/c1-13-6-11-16(27(23,24)21-14-7-9-15(22)10-8-14)12-17(13)20-25-18(2,3)19(4,5)26-20/h6,11-12,14-15,21-22H,7-10H2,1-5H3/t14-,15+. The average molecular weight is 395 g/mol. The van der Waals surface area contributed by atoms with Crippen LogP contribution in [-0.4, -0.2) is 44.0 Å². The zero-order chi connectivity index (χ0) is 20.0. The van der Waals surface area contributed by atoms with E-state index in [2.05, 4.69) is 4.72 Å². The fourth-order valence-corrected chi connectivity index (χ4v) is 4.83. The number of aryl methyl sites for hydroxylation is 1. The second-order valence-corrected chi connectivity index (χ2v) is 10.4. The molecule has 1 saturated heterocycles. The number of aliphatic hydroxyl groups is 1. The molecule has 2 N–H and O–H groups in total. The minimum absolute atomic E-state index is 0.139. The summed E-state index contributed by atoms with van der Waals surface area (Å²) in [5.74, 6) is 0. The van der Waals surface area contributed by atoms with Gasteiger partial charge in [-0.05, 0) is 77.9 Å². The van der Waals surface area contributed by atoms with Crippen molar-refractivity contribution < 1.29 is 22.8 Å². The van der Waals surface area contributed by atoms with E-state index in [1.807, 2.05) is 34.6 Å². The molecule has 1 aliphatic carbocycles. The summed E-state index contributed by atoms with van der Waals surface area (Å²) in [5.41, 5.74) is 0.684. The molecule has 0 amide bonds. The highest BCUT2D eigenvalue weighted by Crippen LogP contribution is 2.36. The molecule has 1 saturated carbocycles. The molecule has 27 heavy (non-hydrogen) atoms. The average Bonchev–Trinajstić information content (AvgIpc) is 2.77. The lowest BCUT2D eigenvalue weighted by Crippen LogP contribution is -2.41. The summed E-state index contributed by atoms with van der Waals surface area (Å²) in [6.45, 7) is 9.82. The van der Waals surface area contributed by atoms with Gasteiger partial charge >= 0.3 is 7.12 Å². The van der Waals surface area contributed by atoms with Gasteiger partial charge in [-0.15, -0.1) is 0 Å². The maximum absolute atomic E-state index is 12.9. The number of sulfonamides is 1. The van der Waals surface area contributed by atoms with Crippen molar-refractivity contribution in [2.24, 2.45) is 0 Å². The van der Waals surface area contributed by atoms with Gasteiger partial charge in [0.1, 0.15) is 0 Å². The second-order valence-electron chi connectivity index (χ2n) is 8.73. The molecule has 0 spiro atoms. The number of hydrogen-bond acceptors (Lipinski definition) is 5. The molecule has 1 heterocycles. The summed E-state index contributed by atoms with van der Waals surface area (Å²) >= 11 is 0. The number of rotatable bonds is 4. The van der Waals surface area contributed by atoms with Gasteiger partial charge < -0.3 is 14.4 Å². The lowest BCUT2D eigenvalue weighted by atomic mass is 9.76. The Bertz CT molecular complexity index is 784. The van der Waals surface area contributed by atoms with E-state index >= 15 is 0 Å². The lowest BCUT2D eigenvalue weighted by molar-refractivity contribution is 0.00578. The predicted octanol–water partition coefficient (Wildman–Crippen LogP) is 1.88. The maximum Gasteiger partial charge on any atom is 0.495 e. The molecule has 1 aromatic rings. The zero-order valence-corrected chi connectivity index (χ0v) is 17.6. The van der Waals surface area contributed by atoms with E-state index in [1.165, 1.54) is 0 Å². The molecule has 0 aromatic heterocycles. The van der Waals surface area contributed by atoms with E-state index < -0.39 is 28.3 Å². The summed E-state index contributed by atoms with van der Waals surface area (Å²) in [5, 5.41) is 9.61. The Hall–Kier alpha value is -0.925. The van der Waals surface area contributed by atoms with Gasteiger partial charge in [0.15, 0.2) is 0 Å². The molecule has 3 rings (SSSR count). The van der Waals surface area contributed by atoms with Gasteiger partial charge in [0.25, 0.3) is 0 Å². The summed E-state index contributed by atoms with van der Waals surface area (Å²) in [6.07, 6.45) is 2.23. The first-order valence-corrected chi connectivity index (χ1v) is 11.1. The first-order chi connectivity index (χ1) is 12.4. The second kappa shape index (κ2) is 7.15. The summed E-state index contributed by atoms with van der Waals surface area (Å²) < 4.78 is 40.7. The molecule has 1 aliphatic heterocycles. The summed E-state index contributed by atoms with van der Waals surface area (Å²) in [4.78, 5) is 0.212.